The van der Waals surface area contributed by atoms with E-state index >= 15 is 0 Å². The molecule has 2 aromatic carbocycles. The Morgan fingerprint density at radius 2 is 1.92 bits per heavy atom. The monoisotopic (exact) mass is 373 g/mol. The van der Waals surface area contributed by atoms with Crippen molar-refractivity contribution in [3.05, 3.63) is 70.0 Å². The second-order valence-corrected chi connectivity index (χ2v) is 7.43. The molecule has 0 aliphatic heterocycles. The molecule has 122 valence electrons. The molecule has 0 spiro atoms. The number of hydrogen-bond donors (Lipinski definition) is 3. The van der Waals surface area contributed by atoms with Crippen LogP contribution in [0, 0.1) is 6.92 Å². The molecule has 0 fully saturated rings. The summed E-state index contributed by atoms with van der Waals surface area (Å²) in [6.07, 6.45) is 0. The maximum atomic E-state index is 12.0. The maximum Gasteiger partial charge on any atom is 0.331 e. The normalized spacial score (nSPS) is 13.5. The zero-order valence-electron chi connectivity index (χ0n) is 12.8. The summed E-state index contributed by atoms with van der Waals surface area (Å²) in [5.74, 6) is -1.05. The van der Waals surface area contributed by atoms with Crippen molar-refractivity contribution in [3.63, 3.8) is 0 Å². The van der Waals surface area contributed by atoms with Gasteiger partial charge in [-0.1, -0.05) is 42.5 Å². The molecule has 6 heteroatoms. The summed E-state index contributed by atoms with van der Waals surface area (Å²) >= 11 is 10.2. The molecule has 3 aromatic rings. The molecule has 1 aromatic heterocycles. The number of aromatic nitrogens is 1. The molecule has 0 bridgehead atoms. The van der Waals surface area contributed by atoms with Gasteiger partial charge in [0.25, 0.3) is 0 Å². The van der Waals surface area contributed by atoms with Gasteiger partial charge in [0.1, 0.15) is 5.01 Å². The number of benzene rings is 2. The molecule has 1 unspecified atom stereocenters. The minimum Gasteiger partial charge on any atom is -0.480 e. The summed E-state index contributed by atoms with van der Waals surface area (Å²) in [4.78, 5) is 17.4. The van der Waals surface area contributed by atoms with Crippen molar-refractivity contribution in [2.75, 3.05) is 0 Å². The fourth-order valence-corrected chi connectivity index (χ4v) is 3.83. The van der Waals surface area contributed by atoms with Crippen molar-refractivity contribution in [3.8, 4) is 11.3 Å². The van der Waals surface area contributed by atoms with Gasteiger partial charge in [-0.3, -0.25) is 0 Å². The zero-order chi connectivity index (χ0) is 17.3. The van der Waals surface area contributed by atoms with E-state index in [1.54, 1.807) is 18.2 Å². The Hall–Kier alpha value is -1.76. The molecule has 0 amide bonds. The first kappa shape index (κ1) is 17.1. The van der Waals surface area contributed by atoms with Crippen LogP contribution in [0.2, 0.25) is 0 Å². The van der Waals surface area contributed by atoms with Gasteiger partial charge >= 0.3 is 5.97 Å². The first-order valence-electron chi connectivity index (χ1n) is 7.20. The standard InChI is InChI=1S/C18H15NO2S3/c1-11-9-13(7-8-15(11)22)18(23,17(20)21)16-19-14(10-24-16)12-5-3-2-4-6-12/h2-10,22-23H,1H3,(H,20,21). The van der Waals surface area contributed by atoms with Gasteiger partial charge < -0.3 is 5.11 Å². The molecule has 1 N–H and O–H groups in total. The molecule has 0 saturated carbocycles. The zero-order valence-corrected chi connectivity index (χ0v) is 15.4. The Kier molecular flexibility index (Phi) is 4.71. The van der Waals surface area contributed by atoms with Gasteiger partial charge in [0.2, 0.25) is 0 Å². The topological polar surface area (TPSA) is 50.2 Å². The fourth-order valence-electron chi connectivity index (χ4n) is 2.40. The molecule has 24 heavy (non-hydrogen) atoms. The van der Waals surface area contributed by atoms with Gasteiger partial charge in [-0.15, -0.1) is 36.6 Å². The fraction of sp³-hybridized carbons (Fsp3) is 0.111. The van der Waals surface area contributed by atoms with Crippen LogP contribution in [-0.4, -0.2) is 16.1 Å². The van der Waals surface area contributed by atoms with Crippen molar-refractivity contribution in [1.29, 1.82) is 0 Å². The Morgan fingerprint density at radius 3 is 2.54 bits per heavy atom. The quantitative estimate of drug-likeness (QED) is 0.583. The van der Waals surface area contributed by atoms with Crippen LogP contribution in [0.15, 0.2) is 58.8 Å². The van der Waals surface area contributed by atoms with Crippen LogP contribution in [0.3, 0.4) is 0 Å². The lowest BCUT2D eigenvalue weighted by Gasteiger charge is -2.22. The van der Waals surface area contributed by atoms with Crippen molar-refractivity contribution in [2.24, 2.45) is 0 Å². The van der Waals surface area contributed by atoms with Gasteiger partial charge in [0.05, 0.1) is 5.69 Å². The Labute approximate surface area is 155 Å². The average Bonchev–Trinajstić information content (AvgIpc) is 3.07. The van der Waals surface area contributed by atoms with E-state index in [-0.39, 0.29) is 0 Å². The number of hydrogen-bond acceptors (Lipinski definition) is 5. The van der Waals surface area contributed by atoms with Crippen molar-refractivity contribution in [2.45, 2.75) is 16.6 Å². The van der Waals surface area contributed by atoms with E-state index in [2.05, 4.69) is 30.2 Å². The van der Waals surface area contributed by atoms with E-state index in [0.717, 1.165) is 21.7 Å². The number of carboxylic acids is 1. The van der Waals surface area contributed by atoms with Crippen molar-refractivity contribution in [1.82, 2.24) is 4.98 Å². The van der Waals surface area contributed by atoms with Crippen LogP contribution < -0.4 is 0 Å². The number of rotatable bonds is 4. The first-order chi connectivity index (χ1) is 11.4. The van der Waals surface area contributed by atoms with Crippen LogP contribution in [-0.2, 0) is 9.54 Å². The number of carbonyl (C=O) groups is 1. The summed E-state index contributed by atoms with van der Waals surface area (Å²) in [6, 6.07) is 15.0. The molecule has 0 aliphatic carbocycles. The van der Waals surface area contributed by atoms with E-state index in [9.17, 15) is 9.90 Å². The highest BCUT2D eigenvalue weighted by molar-refractivity contribution is 7.82. The van der Waals surface area contributed by atoms with Gasteiger partial charge in [0, 0.05) is 15.8 Å². The number of aryl methyl sites for hydroxylation is 1. The van der Waals surface area contributed by atoms with Crippen LogP contribution in [0.25, 0.3) is 11.3 Å². The van der Waals surface area contributed by atoms with Crippen LogP contribution in [0.5, 0.6) is 0 Å². The predicted octanol–water partition coefficient (Wildman–Crippen LogP) is 4.67. The summed E-state index contributed by atoms with van der Waals surface area (Å²) in [6.45, 7) is 1.89. The van der Waals surface area contributed by atoms with E-state index in [0.29, 0.717) is 10.6 Å². The van der Waals surface area contributed by atoms with Crippen LogP contribution >= 0.6 is 36.6 Å². The van der Waals surface area contributed by atoms with Gasteiger partial charge in [-0.05, 0) is 24.1 Å². The van der Waals surface area contributed by atoms with E-state index in [4.69, 9.17) is 0 Å². The largest absolute Gasteiger partial charge is 0.480 e. The smallest absolute Gasteiger partial charge is 0.331 e. The molecule has 0 radical (unpaired) electrons. The Bertz CT molecular complexity index is 892. The number of thiol groups is 2. The predicted molar refractivity (Wildman–Crippen MR) is 103 cm³/mol. The third-order valence-corrected chi connectivity index (χ3v) is 6.08. The number of aliphatic carboxylic acids is 1. The SMILES string of the molecule is Cc1cc(C(S)(C(=O)O)c2nc(-c3ccccc3)cs2)ccc1S. The third-order valence-electron chi connectivity index (χ3n) is 3.81. The lowest BCUT2D eigenvalue weighted by atomic mass is 9.97. The summed E-state index contributed by atoms with van der Waals surface area (Å²) < 4.78 is -1.50. The number of thiazole rings is 1. The third kappa shape index (κ3) is 2.97. The number of nitrogens with zero attached hydrogens (tertiary/aromatic N) is 1. The van der Waals surface area contributed by atoms with Gasteiger partial charge in [-0.25, -0.2) is 9.78 Å². The molecule has 0 saturated heterocycles. The second kappa shape index (κ2) is 6.63. The molecule has 1 heterocycles. The van der Waals surface area contributed by atoms with Gasteiger partial charge in [0.15, 0.2) is 4.75 Å². The minimum atomic E-state index is -1.50. The Balaban J connectivity index is 2.10. The highest BCUT2D eigenvalue weighted by Crippen LogP contribution is 2.40. The molecular formula is C18H15NO2S3. The summed E-state index contributed by atoms with van der Waals surface area (Å²) in [7, 11) is 0. The molecule has 3 rings (SSSR count). The van der Waals surface area contributed by atoms with E-state index in [1.807, 2.05) is 42.6 Å². The number of carboxylic acid groups (broad SMARTS) is 1. The second-order valence-electron chi connectivity index (χ2n) is 5.42. The summed E-state index contributed by atoms with van der Waals surface area (Å²) in [5.41, 5.74) is 3.17. The van der Waals surface area contributed by atoms with Crippen LogP contribution in [0.1, 0.15) is 16.1 Å². The highest BCUT2D eigenvalue weighted by Gasteiger charge is 2.42. The van der Waals surface area contributed by atoms with E-state index in [1.165, 1.54) is 11.3 Å². The van der Waals surface area contributed by atoms with Crippen molar-refractivity contribution >= 4 is 42.6 Å². The Morgan fingerprint density at radius 1 is 1.21 bits per heavy atom. The highest BCUT2D eigenvalue weighted by atomic mass is 32.1. The average molecular weight is 374 g/mol. The van der Waals surface area contributed by atoms with Crippen LogP contribution in [0.4, 0.5) is 0 Å². The lowest BCUT2D eigenvalue weighted by molar-refractivity contribution is -0.138. The lowest BCUT2D eigenvalue weighted by Crippen LogP contribution is -2.31. The molecule has 0 aliphatic rings. The molecule has 3 nitrogen and oxygen atoms in total. The van der Waals surface area contributed by atoms with Crippen molar-refractivity contribution < 1.29 is 9.90 Å². The molecule has 1 atom stereocenters. The molecular weight excluding hydrogens is 358 g/mol. The maximum absolute atomic E-state index is 12.0. The minimum absolute atomic E-state index is 0.434. The van der Waals surface area contributed by atoms with Gasteiger partial charge in [-0.2, -0.15) is 0 Å². The summed E-state index contributed by atoms with van der Waals surface area (Å²) in [5, 5.41) is 12.1. The van der Waals surface area contributed by atoms with E-state index < -0.39 is 10.7 Å². The first-order valence-corrected chi connectivity index (χ1v) is 8.97.